The number of hydrogen-bond donors (Lipinski definition) is 2. The van der Waals surface area contributed by atoms with Gasteiger partial charge in [0.1, 0.15) is 0 Å². The molecule has 3 heteroatoms. The topological polar surface area (TPSA) is 55.1 Å². The number of nitrogens with one attached hydrogen (secondary N) is 1. The third-order valence-electron chi connectivity index (χ3n) is 5.45. The van der Waals surface area contributed by atoms with Crippen molar-refractivity contribution in [2.45, 2.75) is 0 Å². The molecule has 0 aliphatic heterocycles. The highest BCUT2D eigenvalue weighted by Gasteiger charge is 2.22. The Balaban J connectivity index is 1.77. The van der Waals surface area contributed by atoms with Crippen molar-refractivity contribution in [1.29, 1.82) is 0 Å². The van der Waals surface area contributed by atoms with Crippen LogP contribution >= 0.6 is 0 Å². The van der Waals surface area contributed by atoms with Gasteiger partial charge in [0.2, 0.25) is 0 Å². The van der Waals surface area contributed by atoms with Crippen LogP contribution in [0.1, 0.15) is 27.0 Å². The van der Waals surface area contributed by atoms with Crippen LogP contribution in [-0.2, 0) is 0 Å². The van der Waals surface area contributed by atoms with E-state index in [1.807, 2.05) is 54.6 Å². The zero-order valence-electron chi connectivity index (χ0n) is 16.8. The van der Waals surface area contributed by atoms with Gasteiger partial charge in [-0.2, -0.15) is 0 Å². The number of carbonyl (C=O) groups is 1. The van der Waals surface area contributed by atoms with E-state index in [1.54, 1.807) is 12.1 Å². The van der Waals surface area contributed by atoms with E-state index in [-0.39, 0.29) is 0 Å². The first-order valence-corrected chi connectivity index (χ1v) is 10.1. The van der Waals surface area contributed by atoms with Gasteiger partial charge in [-0.3, -0.25) is 4.79 Å². The number of carbonyl (C=O) groups excluding carboxylic acids is 1. The molecule has 3 N–H and O–H groups in total. The van der Waals surface area contributed by atoms with Crippen molar-refractivity contribution in [2.75, 3.05) is 5.32 Å². The van der Waals surface area contributed by atoms with Crippen LogP contribution in [0.4, 0.5) is 5.69 Å². The number of para-hydroxylation sites is 1. The van der Waals surface area contributed by atoms with Gasteiger partial charge in [-0.05, 0) is 34.4 Å². The average molecular weight is 400 g/mol. The largest absolute Gasteiger partial charge is 0.366 e. The Hall–Kier alpha value is -4.33. The minimum Gasteiger partial charge on any atom is -0.366 e. The highest BCUT2D eigenvalue weighted by atomic mass is 16.1. The van der Waals surface area contributed by atoms with Gasteiger partial charge in [-0.25, -0.2) is 0 Å². The van der Waals surface area contributed by atoms with Gasteiger partial charge in [0.05, 0.1) is 16.9 Å². The minimum absolute atomic E-state index is 0.440. The van der Waals surface area contributed by atoms with Crippen LogP contribution in [0.2, 0.25) is 0 Å². The van der Waals surface area contributed by atoms with E-state index in [0.717, 1.165) is 28.0 Å². The van der Waals surface area contributed by atoms with Crippen LogP contribution < -0.4 is 11.1 Å². The molecule has 0 atom stereocenters. The second kappa shape index (κ2) is 7.83. The molecule has 0 spiro atoms. The first-order chi connectivity index (χ1) is 15.2. The van der Waals surface area contributed by atoms with Gasteiger partial charge in [0.25, 0.3) is 5.91 Å². The summed E-state index contributed by atoms with van der Waals surface area (Å²) in [6.07, 6.45) is 0. The highest BCUT2D eigenvalue weighted by molar-refractivity contribution is 6.03. The molecule has 4 aromatic carbocycles. The average Bonchev–Trinajstić information content (AvgIpc) is 3.13. The maximum atomic E-state index is 12.0. The molecule has 0 saturated heterocycles. The summed E-state index contributed by atoms with van der Waals surface area (Å²) >= 11 is 0. The Kier molecular flexibility index (Phi) is 4.72. The summed E-state index contributed by atoms with van der Waals surface area (Å²) in [7, 11) is 0. The van der Waals surface area contributed by atoms with Gasteiger partial charge in [0.15, 0.2) is 0 Å². The summed E-state index contributed by atoms with van der Waals surface area (Å²) in [5.74, 6) is -0.472. The van der Waals surface area contributed by atoms with E-state index < -0.39 is 5.91 Å². The summed E-state index contributed by atoms with van der Waals surface area (Å²) in [4.78, 5) is 12.0. The third-order valence-corrected chi connectivity index (χ3v) is 5.45. The number of rotatable bonds is 4. The lowest BCUT2D eigenvalue weighted by Gasteiger charge is -2.13. The van der Waals surface area contributed by atoms with Crippen molar-refractivity contribution in [2.24, 2.45) is 5.73 Å². The molecule has 1 aliphatic rings. The van der Waals surface area contributed by atoms with Crippen molar-refractivity contribution in [3.05, 3.63) is 131 Å². The fraction of sp³-hybridized carbons (Fsp3) is 0. The first kappa shape index (κ1) is 18.7. The summed E-state index contributed by atoms with van der Waals surface area (Å²) in [5.41, 5.74) is 17.8. The molecule has 1 aliphatic carbocycles. The van der Waals surface area contributed by atoms with E-state index >= 15 is 0 Å². The molecule has 31 heavy (non-hydrogen) atoms. The molecule has 0 heterocycles. The van der Waals surface area contributed by atoms with Gasteiger partial charge in [0, 0.05) is 11.1 Å². The fourth-order valence-electron chi connectivity index (χ4n) is 4.00. The van der Waals surface area contributed by atoms with Crippen molar-refractivity contribution >= 4 is 22.9 Å². The monoisotopic (exact) mass is 400 g/mol. The lowest BCUT2D eigenvalue weighted by molar-refractivity contribution is 0.100. The summed E-state index contributed by atoms with van der Waals surface area (Å²) in [6, 6.07) is 34.0. The van der Waals surface area contributed by atoms with Crippen molar-refractivity contribution in [3.63, 3.8) is 0 Å². The zero-order chi connectivity index (χ0) is 21.2. The number of hydrogen-bond acceptors (Lipinski definition) is 2. The number of amides is 1. The molecule has 0 aromatic heterocycles. The molecule has 0 radical (unpaired) electrons. The Bertz CT molecular complexity index is 1320. The van der Waals surface area contributed by atoms with Crippen molar-refractivity contribution < 1.29 is 4.79 Å². The normalized spacial score (nSPS) is 11.3. The van der Waals surface area contributed by atoms with Gasteiger partial charge >= 0.3 is 0 Å². The second-order valence-corrected chi connectivity index (χ2v) is 7.37. The van der Waals surface area contributed by atoms with Crippen LogP contribution in [0.15, 0.2) is 109 Å². The molecule has 148 valence electrons. The van der Waals surface area contributed by atoms with Crippen LogP contribution in [-0.4, -0.2) is 5.91 Å². The summed E-state index contributed by atoms with van der Waals surface area (Å²) < 4.78 is 0. The third kappa shape index (κ3) is 3.44. The summed E-state index contributed by atoms with van der Waals surface area (Å²) in [6.45, 7) is 0. The molecule has 0 fully saturated rings. The van der Waals surface area contributed by atoms with E-state index in [1.165, 1.54) is 11.1 Å². The van der Waals surface area contributed by atoms with Crippen molar-refractivity contribution in [1.82, 2.24) is 0 Å². The Labute approximate surface area is 181 Å². The first-order valence-electron chi connectivity index (χ1n) is 10.1. The molecule has 1 amide bonds. The Morgan fingerprint density at radius 3 is 1.77 bits per heavy atom. The van der Waals surface area contributed by atoms with E-state index in [2.05, 4.69) is 47.4 Å². The predicted octanol–water partition coefficient (Wildman–Crippen LogP) is 5.95. The van der Waals surface area contributed by atoms with Crippen LogP contribution in [0.5, 0.6) is 0 Å². The van der Waals surface area contributed by atoms with E-state index in [4.69, 9.17) is 5.73 Å². The molecule has 0 bridgehead atoms. The zero-order valence-corrected chi connectivity index (χ0v) is 16.8. The lowest BCUT2D eigenvalue weighted by Crippen LogP contribution is -2.14. The smallest absolute Gasteiger partial charge is 0.250 e. The number of benzene rings is 4. The number of primary amides is 1. The summed E-state index contributed by atoms with van der Waals surface area (Å²) in [5, 5.41) is 3.42. The van der Waals surface area contributed by atoms with Gasteiger partial charge in [-0.1, -0.05) is 96.7 Å². The molecular formula is C28H20N2O. The van der Waals surface area contributed by atoms with Crippen LogP contribution in [0.3, 0.4) is 0 Å². The molecule has 0 saturated carbocycles. The number of nitrogens with two attached hydrogens (primary N) is 1. The van der Waals surface area contributed by atoms with Gasteiger partial charge < -0.3 is 11.1 Å². The molecule has 0 unspecified atom stereocenters. The molecule has 3 nitrogen and oxygen atoms in total. The Morgan fingerprint density at radius 1 is 0.645 bits per heavy atom. The molecule has 4 aromatic rings. The lowest BCUT2D eigenvalue weighted by atomic mass is 10.0. The predicted molar refractivity (Wildman–Crippen MR) is 126 cm³/mol. The quantitative estimate of drug-likeness (QED) is 0.366. The maximum absolute atomic E-state index is 12.0. The SMILES string of the molecule is NC(=O)c1ccccc1NC(=C=C1c2ccccc2-c2ccccc21)c1ccccc1. The highest BCUT2D eigenvalue weighted by Crippen LogP contribution is 2.43. The minimum atomic E-state index is -0.472. The fourth-order valence-corrected chi connectivity index (χ4v) is 4.00. The molecular weight excluding hydrogens is 380 g/mol. The van der Waals surface area contributed by atoms with Gasteiger partial charge in [-0.15, -0.1) is 0 Å². The number of fused-ring (bicyclic) bond motifs is 3. The van der Waals surface area contributed by atoms with E-state index in [0.29, 0.717) is 11.3 Å². The van der Waals surface area contributed by atoms with E-state index in [9.17, 15) is 4.79 Å². The number of anilines is 1. The van der Waals surface area contributed by atoms with Crippen molar-refractivity contribution in [3.8, 4) is 11.1 Å². The Morgan fingerprint density at radius 2 is 1.16 bits per heavy atom. The maximum Gasteiger partial charge on any atom is 0.250 e. The molecule has 5 rings (SSSR count). The van der Waals surface area contributed by atoms with Crippen LogP contribution in [0, 0.1) is 0 Å². The second-order valence-electron chi connectivity index (χ2n) is 7.37. The van der Waals surface area contributed by atoms with Crippen LogP contribution in [0.25, 0.3) is 22.4 Å². The standard InChI is InChI=1S/C28H20N2O/c29-28(31)24-16-8-9-17-26(24)30-27(19-10-2-1-3-11-19)18-25-22-14-6-4-12-20(22)21-13-5-7-15-23(21)25/h1-17,30H,(H2,29,31).